The first kappa shape index (κ1) is 33.5. The first-order chi connectivity index (χ1) is 21.1. The molecule has 1 heterocycles. The number of anilines is 2. The molecule has 4 N–H and O–H groups in total. The van der Waals surface area contributed by atoms with E-state index in [1.54, 1.807) is 46.4 Å². The highest BCUT2D eigenvalue weighted by Gasteiger charge is 2.35. The predicted octanol–water partition coefficient (Wildman–Crippen LogP) is 5.31. The molecule has 2 fully saturated rings. The molecule has 1 saturated heterocycles. The summed E-state index contributed by atoms with van der Waals surface area (Å²) in [5.41, 5.74) is -0.192. The van der Waals surface area contributed by atoms with Crippen LogP contribution in [0, 0.1) is 5.82 Å². The first-order valence-corrected chi connectivity index (χ1v) is 15.0. The van der Waals surface area contributed by atoms with Crippen LogP contribution < -0.4 is 21.4 Å². The molecule has 12 nitrogen and oxygen atoms in total. The number of nitrogens with zero attached hydrogens (tertiary/aromatic N) is 3. The molecule has 13 heteroatoms. The van der Waals surface area contributed by atoms with Crippen LogP contribution in [-0.4, -0.2) is 65.7 Å². The largest absolute Gasteiger partial charge is 0.444 e. The van der Waals surface area contributed by atoms with E-state index >= 15 is 4.39 Å². The number of oxime groups is 1. The highest BCUT2D eigenvalue weighted by molar-refractivity contribution is 6.10. The van der Waals surface area contributed by atoms with E-state index in [2.05, 4.69) is 15.8 Å². The molecule has 1 atom stereocenters. The number of rotatable bonds is 9. The molecule has 1 aliphatic carbocycles. The maximum atomic E-state index is 16.2. The molecule has 0 aromatic heterocycles. The molecule has 3 amide bonds. The average Bonchev–Trinajstić information content (AvgIpc) is 3.65. The van der Waals surface area contributed by atoms with Crippen molar-refractivity contribution in [2.24, 2.45) is 11.0 Å². The Bertz CT molecular complexity index is 1420. The molecule has 1 aliphatic heterocycles. The minimum absolute atomic E-state index is 0.0279. The van der Waals surface area contributed by atoms with Crippen LogP contribution in [0.5, 0.6) is 0 Å². The molecular weight excluding hydrogens is 583 g/mol. The normalized spacial score (nSPS) is 16.8. The van der Waals surface area contributed by atoms with Gasteiger partial charge in [-0.05, 0) is 72.4 Å². The number of imide groups is 1. The Morgan fingerprint density at radius 1 is 1.04 bits per heavy atom. The molecule has 0 bridgehead atoms. The SMILES string of the molecule is CC(C)(C)OC(=O)NC1CCN(c2c(F)cc(C(=O)N(N)C(=O)OC(C)(C)C)c(NC3CC3)c2C=NOCc2ccccc2)C1. The molecule has 1 saturated carbocycles. The van der Waals surface area contributed by atoms with Crippen molar-refractivity contribution >= 4 is 35.7 Å². The summed E-state index contributed by atoms with van der Waals surface area (Å²) in [6, 6.07) is 10.2. The predicted molar refractivity (Wildman–Crippen MR) is 168 cm³/mol. The highest BCUT2D eigenvalue weighted by atomic mass is 19.1. The average molecular weight is 627 g/mol. The van der Waals surface area contributed by atoms with E-state index in [1.807, 2.05) is 30.3 Å². The van der Waals surface area contributed by atoms with Gasteiger partial charge < -0.3 is 29.8 Å². The van der Waals surface area contributed by atoms with Crippen LogP contribution in [0.25, 0.3) is 0 Å². The number of carbonyl (C=O) groups is 3. The number of amides is 3. The number of ether oxygens (including phenoxy) is 2. The molecule has 2 aromatic carbocycles. The van der Waals surface area contributed by atoms with Crippen LogP contribution in [0.15, 0.2) is 41.6 Å². The number of hydrogen-bond acceptors (Lipinski definition) is 10. The zero-order chi connectivity index (χ0) is 32.9. The van der Waals surface area contributed by atoms with Crippen molar-refractivity contribution in [2.45, 2.75) is 90.7 Å². The van der Waals surface area contributed by atoms with E-state index in [1.165, 1.54) is 6.21 Å². The second-order valence-electron chi connectivity index (χ2n) is 13.2. The number of nitrogens with one attached hydrogen (secondary N) is 2. The number of benzene rings is 2. The quantitative estimate of drug-likeness (QED) is 0.146. The third kappa shape index (κ3) is 9.55. The van der Waals surface area contributed by atoms with Gasteiger partial charge in [0.15, 0.2) is 0 Å². The first-order valence-electron chi connectivity index (χ1n) is 15.0. The zero-order valence-corrected chi connectivity index (χ0v) is 26.7. The van der Waals surface area contributed by atoms with E-state index < -0.39 is 35.1 Å². The van der Waals surface area contributed by atoms with Crippen molar-refractivity contribution < 1.29 is 33.1 Å². The Morgan fingerprint density at radius 3 is 2.33 bits per heavy atom. The van der Waals surface area contributed by atoms with Gasteiger partial charge >= 0.3 is 12.2 Å². The standard InChI is InChI=1S/C32H43FN6O6/c1-31(2,3)44-29(41)37-22-14-15-38(18-22)27-24(17-35-43-19-20-10-8-7-9-11-20)26(36-21-12-13-21)23(16-25(27)33)28(40)39(34)30(42)45-32(4,5)6/h7-11,16-17,21-22,36H,12-15,18-19,34H2,1-6H3,(H,37,41). The molecule has 4 rings (SSSR count). The van der Waals surface area contributed by atoms with Gasteiger partial charge in [0.2, 0.25) is 0 Å². The van der Waals surface area contributed by atoms with E-state index in [0.29, 0.717) is 18.0 Å². The van der Waals surface area contributed by atoms with Crippen molar-refractivity contribution in [2.75, 3.05) is 23.3 Å². The summed E-state index contributed by atoms with van der Waals surface area (Å²) in [5.74, 6) is 4.22. The summed E-state index contributed by atoms with van der Waals surface area (Å²) in [4.78, 5) is 46.0. The summed E-state index contributed by atoms with van der Waals surface area (Å²) >= 11 is 0. The van der Waals surface area contributed by atoms with Crippen molar-refractivity contribution in [3.8, 4) is 0 Å². The Labute approximate surface area is 263 Å². The molecule has 0 spiro atoms. The zero-order valence-electron chi connectivity index (χ0n) is 26.7. The second kappa shape index (κ2) is 13.7. The number of halogens is 1. The number of alkyl carbamates (subject to hydrolysis) is 1. The smallest absolute Gasteiger partial charge is 0.432 e. The maximum absolute atomic E-state index is 16.2. The van der Waals surface area contributed by atoms with E-state index in [4.69, 9.17) is 20.2 Å². The van der Waals surface area contributed by atoms with Crippen molar-refractivity contribution in [3.05, 3.63) is 58.9 Å². The number of carbonyl (C=O) groups excluding carboxylic acids is 3. The summed E-state index contributed by atoms with van der Waals surface area (Å²) in [5, 5.41) is 10.6. The molecule has 244 valence electrons. The molecule has 2 aromatic rings. The van der Waals surface area contributed by atoms with Gasteiger partial charge in [-0.25, -0.2) is 19.8 Å². The van der Waals surface area contributed by atoms with Gasteiger partial charge in [0.25, 0.3) is 5.91 Å². The van der Waals surface area contributed by atoms with Crippen molar-refractivity contribution in [1.82, 2.24) is 10.3 Å². The van der Waals surface area contributed by atoms with Crippen LogP contribution in [-0.2, 0) is 20.9 Å². The fraction of sp³-hybridized carbons (Fsp3) is 0.500. The van der Waals surface area contributed by atoms with Gasteiger partial charge in [0, 0.05) is 24.7 Å². The van der Waals surface area contributed by atoms with Crippen LogP contribution >= 0.6 is 0 Å². The summed E-state index contributed by atoms with van der Waals surface area (Å²) in [6.07, 6.45) is 1.92. The van der Waals surface area contributed by atoms with Crippen LogP contribution in [0.4, 0.5) is 25.4 Å². The fourth-order valence-corrected chi connectivity index (χ4v) is 4.72. The number of hydrazine groups is 1. The lowest BCUT2D eigenvalue weighted by Crippen LogP contribution is -2.45. The lowest BCUT2D eigenvalue weighted by atomic mass is 10.0. The van der Waals surface area contributed by atoms with Gasteiger partial charge in [-0.1, -0.05) is 35.5 Å². The lowest BCUT2D eigenvalue weighted by molar-refractivity contribution is 0.0238. The van der Waals surface area contributed by atoms with Gasteiger partial charge in [-0.3, -0.25) is 4.79 Å². The van der Waals surface area contributed by atoms with E-state index in [9.17, 15) is 14.4 Å². The van der Waals surface area contributed by atoms with Crippen molar-refractivity contribution in [3.63, 3.8) is 0 Å². The van der Waals surface area contributed by atoms with Crippen LogP contribution in [0.3, 0.4) is 0 Å². The minimum atomic E-state index is -1.08. The number of hydrogen-bond donors (Lipinski definition) is 3. The van der Waals surface area contributed by atoms with Crippen LogP contribution in [0.1, 0.15) is 82.3 Å². The third-order valence-corrected chi connectivity index (χ3v) is 6.81. The van der Waals surface area contributed by atoms with Gasteiger partial charge in [0.1, 0.15) is 23.6 Å². The topological polar surface area (TPSA) is 148 Å². The Kier molecular flexibility index (Phi) is 10.2. The Hall–Kier alpha value is -4.39. The van der Waals surface area contributed by atoms with E-state index in [-0.39, 0.29) is 47.7 Å². The highest BCUT2D eigenvalue weighted by Crippen LogP contribution is 2.38. The monoisotopic (exact) mass is 626 g/mol. The summed E-state index contributed by atoms with van der Waals surface area (Å²) in [6.45, 7) is 11.1. The van der Waals surface area contributed by atoms with Crippen LogP contribution in [0.2, 0.25) is 0 Å². The van der Waals surface area contributed by atoms with Crippen molar-refractivity contribution in [1.29, 1.82) is 0 Å². The summed E-state index contributed by atoms with van der Waals surface area (Å²) < 4.78 is 26.8. The Morgan fingerprint density at radius 2 is 1.71 bits per heavy atom. The molecule has 0 radical (unpaired) electrons. The van der Waals surface area contributed by atoms with Gasteiger partial charge in [0.05, 0.1) is 29.2 Å². The van der Waals surface area contributed by atoms with Gasteiger partial charge in [-0.2, -0.15) is 5.01 Å². The molecule has 1 unspecified atom stereocenters. The minimum Gasteiger partial charge on any atom is -0.444 e. The molecular formula is C32H43FN6O6. The lowest BCUT2D eigenvalue weighted by Gasteiger charge is -2.27. The Balaban J connectivity index is 1.70. The van der Waals surface area contributed by atoms with Gasteiger partial charge in [-0.15, -0.1) is 0 Å². The fourth-order valence-electron chi connectivity index (χ4n) is 4.72. The summed E-state index contributed by atoms with van der Waals surface area (Å²) in [7, 11) is 0. The second-order valence-corrected chi connectivity index (χ2v) is 13.2. The molecule has 45 heavy (non-hydrogen) atoms. The third-order valence-electron chi connectivity index (χ3n) is 6.81. The molecule has 2 aliphatic rings. The maximum Gasteiger partial charge on any atom is 0.432 e. The number of nitrogens with two attached hydrogens (primary N) is 1. The van der Waals surface area contributed by atoms with E-state index in [0.717, 1.165) is 24.5 Å².